The fourth-order valence-corrected chi connectivity index (χ4v) is 3.78. The summed E-state index contributed by atoms with van der Waals surface area (Å²) in [6, 6.07) is 14.5. The van der Waals surface area contributed by atoms with Crippen LogP contribution in [0.15, 0.2) is 48.5 Å². The number of rotatable bonds is 4. The van der Waals surface area contributed by atoms with Crippen LogP contribution < -0.4 is 5.32 Å². The Balaban J connectivity index is 1.68. The first-order valence-corrected chi connectivity index (χ1v) is 8.51. The molecule has 0 saturated heterocycles. The summed E-state index contributed by atoms with van der Waals surface area (Å²) in [5.41, 5.74) is 0.569. The number of fused-ring (bicyclic) bond motifs is 1. The molecular formula is C17H13Cl2NO2S. The fourth-order valence-electron chi connectivity index (χ4n) is 2.26. The molecular weight excluding hydrogens is 353 g/mol. The average Bonchev–Trinajstić information content (AvgIpc) is 2.95. The Morgan fingerprint density at radius 1 is 1.13 bits per heavy atom. The smallest absolute Gasteiger partial charge is 0.261 e. The molecule has 1 amide bonds. The molecule has 2 aromatic carbocycles. The van der Waals surface area contributed by atoms with Gasteiger partial charge in [0, 0.05) is 21.3 Å². The van der Waals surface area contributed by atoms with E-state index in [1.165, 1.54) is 11.3 Å². The van der Waals surface area contributed by atoms with E-state index >= 15 is 0 Å². The number of halogens is 2. The maximum atomic E-state index is 12.2. The van der Waals surface area contributed by atoms with Crippen LogP contribution in [0.25, 0.3) is 10.1 Å². The summed E-state index contributed by atoms with van der Waals surface area (Å²) in [7, 11) is 0. The van der Waals surface area contributed by atoms with Gasteiger partial charge >= 0.3 is 0 Å². The van der Waals surface area contributed by atoms with E-state index in [1.54, 1.807) is 18.2 Å². The SMILES string of the molecule is O=C(NCC(O)c1cc(Cl)cc(Cl)c1)c1cc2ccccc2s1. The number of carbonyl (C=O) groups is 1. The van der Waals surface area contributed by atoms with Crippen LogP contribution in [0.5, 0.6) is 0 Å². The highest BCUT2D eigenvalue weighted by Crippen LogP contribution is 2.26. The van der Waals surface area contributed by atoms with E-state index in [0.29, 0.717) is 20.5 Å². The summed E-state index contributed by atoms with van der Waals surface area (Å²) < 4.78 is 1.06. The number of hydrogen-bond donors (Lipinski definition) is 2. The minimum atomic E-state index is -0.871. The van der Waals surface area contributed by atoms with Crippen LogP contribution >= 0.6 is 34.5 Å². The maximum Gasteiger partial charge on any atom is 0.261 e. The van der Waals surface area contributed by atoms with Gasteiger partial charge in [-0.2, -0.15) is 0 Å². The lowest BCUT2D eigenvalue weighted by Gasteiger charge is -2.12. The maximum absolute atomic E-state index is 12.2. The minimum Gasteiger partial charge on any atom is -0.387 e. The van der Waals surface area contributed by atoms with Crippen LogP contribution in [0, 0.1) is 0 Å². The van der Waals surface area contributed by atoms with Gasteiger partial charge in [-0.3, -0.25) is 4.79 Å². The second kappa shape index (κ2) is 6.89. The lowest BCUT2D eigenvalue weighted by Crippen LogP contribution is -2.27. The van der Waals surface area contributed by atoms with Gasteiger partial charge < -0.3 is 10.4 Å². The molecule has 0 bridgehead atoms. The zero-order chi connectivity index (χ0) is 16.4. The number of carbonyl (C=O) groups excluding carboxylic acids is 1. The third-order valence-electron chi connectivity index (χ3n) is 3.37. The van der Waals surface area contributed by atoms with Gasteiger partial charge in [0.15, 0.2) is 0 Å². The van der Waals surface area contributed by atoms with Crippen molar-refractivity contribution in [2.45, 2.75) is 6.10 Å². The predicted molar refractivity (Wildman–Crippen MR) is 95.6 cm³/mol. The summed E-state index contributed by atoms with van der Waals surface area (Å²) in [5.74, 6) is -0.210. The van der Waals surface area contributed by atoms with Crippen molar-refractivity contribution in [1.29, 1.82) is 0 Å². The molecule has 3 aromatic rings. The topological polar surface area (TPSA) is 49.3 Å². The molecule has 1 unspecified atom stereocenters. The minimum absolute atomic E-state index is 0.0871. The van der Waals surface area contributed by atoms with Crippen molar-refractivity contribution in [2.75, 3.05) is 6.54 Å². The van der Waals surface area contributed by atoms with E-state index in [0.717, 1.165) is 10.1 Å². The van der Waals surface area contributed by atoms with Gasteiger partial charge in [-0.05, 0) is 41.3 Å². The van der Waals surface area contributed by atoms with Crippen molar-refractivity contribution in [3.8, 4) is 0 Å². The molecule has 0 aliphatic heterocycles. The Labute approximate surface area is 147 Å². The number of nitrogens with one attached hydrogen (secondary N) is 1. The largest absolute Gasteiger partial charge is 0.387 e. The molecule has 2 N–H and O–H groups in total. The lowest BCUT2D eigenvalue weighted by atomic mass is 10.1. The quantitative estimate of drug-likeness (QED) is 0.705. The van der Waals surface area contributed by atoms with Crippen molar-refractivity contribution in [2.24, 2.45) is 0 Å². The van der Waals surface area contributed by atoms with Crippen LogP contribution in [0.1, 0.15) is 21.3 Å². The molecule has 0 radical (unpaired) electrons. The van der Waals surface area contributed by atoms with Crippen LogP contribution in [-0.4, -0.2) is 17.6 Å². The van der Waals surface area contributed by atoms with Crippen molar-refractivity contribution in [3.05, 3.63) is 69.0 Å². The van der Waals surface area contributed by atoms with Gasteiger partial charge in [-0.1, -0.05) is 41.4 Å². The van der Waals surface area contributed by atoms with E-state index in [1.807, 2.05) is 30.3 Å². The number of amides is 1. The monoisotopic (exact) mass is 365 g/mol. The average molecular weight is 366 g/mol. The van der Waals surface area contributed by atoms with Crippen molar-refractivity contribution >= 4 is 50.5 Å². The predicted octanol–water partition coefficient (Wildman–Crippen LogP) is 4.67. The molecule has 6 heteroatoms. The van der Waals surface area contributed by atoms with E-state index in [4.69, 9.17) is 23.2 Å². The molecule has 118 valence electrons. The van der Waals surface area contributed by atoms with E-state index in [-0.39, 0.29) is 12.5 Å². The van der Waals surface area contributed by atoms with Crippen molar-refractivity contribution in [1.82, 2.24) is 5.32 Å². The number of aliphatic hydroxyl groups is 1. The summed E-state index contributed by atoms with van der Waals surface area (Å²) >= 11 is 13.3. The summed E-state index contributed by atoms with van der Waals surface area (Å²) in [6.07, 6.45) is -0.871. The molecule has 1 heterocycles. The molecule has 0 aliphatic carbocycles. The first-order chi connectivity index (χ1) is 11.0. The van der Waals surface area contributed by atoms with Crippen LogP contribution in [0.4, 0.5) is 0 Å². The number of thiophene rings is 1. The van der Waals surface area contributed by atoms with Crippen molar-refractivity contribution in [3.63, 3.8) is 0 Å². The van der Waals surface area contributed by atoms with E-state index < -0.39 is 6.10 Å². The van der Waals surface area contributed by atoms with Gasteiger partial charge in [0.05, 0.1) is 11.0 Å². The molecule has 0 spiro atoms. The summed E-state index contributed by atoms with van der Waals surface area (Å²) in [4.78, 5) is 12.8. The Bertz CT molecular complexity index is 809. The van der Waals surface area contributed by atoms with Gasteiger partial charge in [0.25, 0.3) is 5.91 Å². The zero-order valence-corrected chi connectivity index (χ0v) is 14.3. The van der Waals surface area contributed by atoms with Crippen LogP contribution in [0.3, 0.4) is 0 Å². The Morgan fingerprint density at radius 3 is 2.52 bits per heavy atom. The second-order valence-corrected chi connectivity index (χ2v) is 7.03. The molecule has 0 aliphatic rings. The number of hydrogen-bond acceptors (Lipinski definition) is 3. The first kappa shape index (κ1) is 16.3. The summed E-state index contributed by atoms with van der Waals surface area (Å²) in [6.45, 7) is 0.0871. The molecule has 3 rings (SSSR count). The summed E-state index contributed by atoms with van der Waals surface area (Å²) in [5, 5.41) is 14.8. The molecule has 1 aromatic heterocycles. The van der Waals surface area contributed by atoms with Gasteiger partial charge in [-0.25, -0.2) is 0 Å². The Hall–Kier alpha value is -1.59. The van der Waals surface area contributed by atoms with Gasteiger partial charge in [0.2, 0.25) is 0 Å². The normalized spacial score (nSPS) is 12.3. The van der Waals surface area contributed by atoms with Crippen LogP contribution in [-0.2, 0) is 0 Å². The highest BCUT2D eigenvalue weighted by atomic mass is 35.5. The van der Waals surface area contributed by atoms with Gasteiger partial charge in [-0.15, -0.1) is 11.3 Å². The fraction of sp³-hybridized carbons (Fsp3) is 0.118. The van der Waals surface area contributed by atoms with E-state index in [2.05, 4.69) is 5.32 Å². The standard InChI is InChI=1S/C17H13Cl2NO2S/c18-12-5-11(6-13(19)8-12)14(21)9-20-17(22)16-7-10-3-1-2-4-15(10)23-16/h1-8,14,21H,9H2,(H,20,22). The van der Waals surface area contributed by atoms with Crippen molar-refractivity contribution < 1.29 is 9.90 Å². The zero-order valence-electron chi connectivity index (χ0n) is 11.9. The number of benzene rings is 2. The first-order valence-electron chi connectivity index (χ1n) is 6.94. The van der Waals surface area contributed by atoms with Gasteiger partial charge in [0.1, 0.15) is 0 Å². The highest BCUT2D eigenvalue weighted by molar-refractivity contribution is 7.20. The van der Waals surface area contributed by atoms with Crippen LogP contribution in [0.2, 0.25) is 10.0 Å². The molecule has 0 fully saturated rings. The molecule has 1 atom stereocenters. The molecule has 23 heavy (non-hydrogen) atoms. The Morgan fingerprint density at radius 2 is 1.83 bits per heavy atom. The third-order valence-corrected chi connectivity index (χ3v) is 4.93. The molecule has 3 nitrogen and oxygen atoms in total. The highest BCUT2D eigenvalue weighted by Gasteiger charge is 2.14. The Kier molecular flexibility index (Phi) is 4.87. The van der Waals surface area contributed by atoms with E-state index in [9.17, 15) is 9.90 Å². The second-order valence-electron chi connectivity index (χ2n) is 5.08. The lowest BCUT2D eigenvalue weighted by molar-refractivity contribution is 0.0920. The number of aliphatic hydroxyl groups excluding tert-OH is 1. The third kappa shape index (κ3) is 3.85. The molecule has 0 saturated carbocycles.